The van der Waals surface area contributed by atoms with E-state index in [2.05, 4.69) is 4.90 Å². The molecule has 2 aromatic rings. The van der Waals surface area contributed by atoms with Crippen LogP contribution in [-0.2, 0) is 33.2 Å². The number of hydrogen-bond acceptors (Lipinski definition) is 6. The highest BCUT2D eigenvalue weighted by atomic mass is 35.5. The van der Waals surface area contributed by atoms with E-state index < -0.39 is 20.2 Å². The molecule has 3 aliphatic rings. The number of halogens is 1. The molecule has 2 aliphatic heterocycles. The number of sulfonamides is 1. The summed E-state index contributed by atoms with van der Waals surface area (Å²) in [4.78, 5) is 4.68. The van der Waals surface area contributed by atoms with Gasteiger partial charge in [0.25, 0.3) is 10.2 Å². The molecule has 1 saturated carbocycles. The van der Waals surface area contributed by atoms with Crippen LogP contribution in [0.25, 0.3) is 0 Å². The third kappa shape index (κ3) is 8.64. The van der Waals surface area contributed by atoms with E-state index in [0.717, 1.165) is 49.3 Å². The molecular weight excluding hydrogens is 642 g/mol. The van der Waals surface area contributed by atoms with Gasteiger partial charge in [-0.15, -0.1) is 0 Å². The van der Waals surface area contributed by atoms with Gasteiger partial charge in [-0.25, -0.2) is 8.42 Å². The van der Waals surface area contributed by atoms with Crippen molar-refractivity contribution in [3.63, 3.8) is 0 Å². The molecule has 0 N–H and O–H groups in total. The van der Waals surface area contributed by atoms with Crippen molar-refractivity contribution in [3.8, 4) is 0 Å². The molecule has 0 aromatic heterocycles. The van der Waals surface area contributed by atoms with Gasteiger partial charge in [-0.05, 0) is 112 Å². The zero-order chi connectivity index (χ0) is 32.9. The summed E-state index contributed by atoms with van der Waals surface area (Å²) in [5, 5.41) is 0.665. The topological polar surface area (TPSA) is 84.5 Å². The number of hydrogen-bond donors (Lipinski definition) is 0. The van der Waals surface area contributed by atoms with Crippen LogP contribution in [0.15, 0.2) is 47.4 Å². The lowest BCUT2D eigenvalue weighted by molar-refractivity contribution is 0.178. The van der Waals surface area contributed by atoms with Crippen LogP contribution >= 0.6 is 11.6 Å². The fourth-order valence-electron chi connectivity index (χ4n) is 7.25. The van der Waals surface area contributed by atoms with Gasteiger partial charge in [0.05, 0.1) is 4.90 Å². The van der Waals surface area contributed by atoms with Gasteiger partial charge in [-0.3, -0.25) is 0 Å². The molecule has 0 amide bonds. The van der Waals surface area contributed by atoms with Gasteiger partial charge in [0, 0.05) is 70.1 Å². The Hall–Kier alpha value is -1.73. The number of fused-ring (bicyclic) bond motifs is 1. The molecule has 2 fully saturated rings. The molecule has 2 heterocycles. The Morgan fingerprint density at radius 3 is 2.15 bits per heavy atom. The van der Waals surface area contributed by atoms with Crippen molar-refractivity contribution in [2.75, 3.05) is 64.8 Å². The van der Waals surface area contributed by atoms with Gasteiger partial charge in [0.2, 0.25) is 10.0 Å². The first-order valence-corrected chi connectivity index (χ1v) is 20.2. The van der Waals surface area contributed by atoms with Crippen molar-refractivity contribution < 1.29 is 16.8 Å². The molecule has 5 rings (SSSR count). The summed E-state index contributed by atoms with van der Waals surface area (Å²) in [6.45, 7) is 6.32. The first-order valence-electron chi connectivity index (χ1n) is 17.0. The lowest BCUT2D eigenvalue weighted by atomic mass is 9.89. The number of nitrogens with zero attached hydrogens (tertiary/aromatic N) is 5. The molecule has 2 aromatic carbocycles. The maximum Gasteiger partial charge on any atom is 0.282 e. The van der Waals surface area contributed by atoms with E-state index in [9.17, 15) is 16.8 Å². The molecule has 256 valence electrons. The molecule has 9 nitrogen and oxygen atoms in total. The van der Waals surface area contributed by atoms with Crippen LogP contribution in [0.5, 0.6) is 0 Å². The van der Waals surface area contributed by atoms with Crippen molar-refractivity contribution in [1.29, 1.82) is 0 Å². The van der Waals surface area contributed by atoms with Gasteiger partial charge in [0.1, 0.15) is 0 Å². The fraction of sp³-hybridized carbons (Fsp3) is 0.647. The summed E-state index contributed by atoms with van der Waals surface area (Å²) in [6.07, 6.45) is 8.84. The summed E-state index contributed by atoms with van der Waals surface area (Å²) in [5.41, 5.74) is 3.01. The van der Waals surface area contributed by atoms with E-state index in [1.165, 1.54) is 32.1 Å². The normalized spacial score (nSPS) is 22.9. The molecule has 0 unspecified atom stereocenters. The minimum absolute atomic E-state index is 0.266. The van der Waals surface area contributed by atoms with Gasteiger partial charge >= 0.3 is 0 Å². The molecular formula is C34H52ClN5O4S2. The number of benzene rings is 2. The highest BCUT2D eigenvalue weighted by molar-refractivity contribution is 7.89. The summed E-state index contributed by atoms with van der Waals surface area (Å²) in [5.74, 6) is 0.650. The van der Waals surface area contributed by atoms with Crippen molar-refractivity contribution in [1.82, 2.24) is 17.8 Å². The molecule has 1 atom stereocenters. The highest BCUT2D eigenvalue weighted by Gasteiger charge is 2.35. The van der Waals surface area contributed by atoms with Gasteiger partial charge in [-0.2, -0.15) is 21.3 Å². The second-order valence-electron chi connectivity index (χ2n) is 13.6. The van der Waals surface area contributed by atoms with Gasteiger partial charge in [-0.1, -0.05) is 36.9 Å². The molecule has 46 heavy (non-hydrogen) atoms. The van der Waals surface area contributed by atoms with E-state index in [1.54, 1.807) is 25.0 Å². The average Bonchev–Trinajstić information content (AvgIpc) is 3.03. The Balaban J connectivity index is 1.38. The van der Waals surface area contributed by atoms with Crippen molar-refractivity contribution in [2.24, 2.45) is 5.92 Å². The van der Waals surface area contributed by atoms with E-state index in [0.29, 0.717) is 50.0 Å². The second kappa shape index (κ2) is 15.7. The lowest BCUT2D eigenvalue weighted by Gasteiger charge is -2.36. The maximum absolute atomic E-state index is 14.2. The maximum atomic E-state index is 14.2. The number of anilines is 1. The second-order valence-corrected chi connectivity index (χ2v) is 17.8. The Labute approximate surface area is 282 Å². The van der Waals surface area contributed by atoms with Crippen LogP contribution in [-0.4, -0.2) is 101 Å². The minimum Gasteiger partial charge on any atom is -0.378 e. The monoisotopic (exact) mass is 693 g/mol. The van der Waals surface area contributed by atoms with Gasteiger partial charge < -0.3 is 9.80 Å². The Bertz CT molecular complexity index is 1510. The zero-order valence-electron chi connectivity index (χ0n) is 27.8. The summed E-state index contributed by atoms with van der Waals surface area (Å²) in [6, 6.07) is 12.3. The van der Waals surface area contributed by atoms with E-state index >= 15 is 0 Å². The predicted octanol–water partition coefficient (Wildman–Crippen LogP) is 5.46. The smallest absolute Gasteiger partial charge is 0.282 e. The first-order chi connectivity index (χ1) is 21.9. The van der Waals surface area contributed by atoms with Crippen LogP contribution in [0.3, 0.4) is 0 Å². The number of rotatable bonds is 7. The van der Waals surface area contributed by atoms with Crippen molar-refractivity contribution >= 4 is 37.5 Å². The zero-order valence-corrected chi connectivity index (χ0v) is 30.2. The lowest BCUT2D eigenvalue weighted by Crippen LogP contribution is -2.49. The molecule has 1 aliphatic carbocycles. The summed E-state index contributed by atoms with van der Waals surface area (Å²) >= 11 is 6.21. The predicted molar refractivity (Wildman–Crippen MR) is 187 cm³/mol. The van der Waals surface area contributed by atoms with E-state index in [-0.39, 0.29) is 17.5 Å². The molecule has 0 radical (unpaired) electrons. The minimum atomic E-state index is -3.79. The fourth-order valence-corrected chi connectivity index (χ4v) is 10.8. The van der Waals surface area contributed by atoms with E-state index in [1.807, 2.05) is 56.3 Å². The SMILES string of the molecule is C[C@@H]1CCN(S(=O)(=O)N2CCc3cc(Cl)ccc3C2)CCCN(CC2CCCCC2)CCCN1S(=O)(=O)c1ccc(N(C)C)cc1. The van der Waals surface area contributed by atoms with Crippen LogP contribution in [0.4, 0.5) is 5.69 Å². The molecule has 1 saturated heterocycles. The average molecular weight is 694 g/mol. The van der Waals surface area contributed by atoms with Crippen molar-refractivity contribution in [3.05, 3.63) is 58.6 Å². The Morgan fingerprint density at radius 2 is 1.46 bits per heavy atom. The summed E-state index contributed by atoms with van der Waals surface area (Å²) in [7, 11) is -3.70. The quantitative estimate of drug-likeness (QED) is 0.383. The van der Waals surface area contributed by atoms with Crippen LogP contribution in [0, 0.1) is 5.92 Å². The highest BCUT2D eigenvalue weighted by Crippen LogP contribution is 2.28. The molecule has 0 bridgehead atoms. The third-order valence-corrected chi connectivity index (χ3v) is 14.3. The van der Waals surface area contributed by atoms with Crippen LogP contribution in [0.2, 0.25) is 5.02 Å². The Kier molecular flexibility index (Phi) is 12.1. The Morgan fingerprint density at radius 1 is 0.761 bits per heavy atom. The largest absolute Gasteiger partial charge is 0.378 e. The first kappa shape index (κ1) is 35.6. The standard InChI is InChI=1S/C34H52ClN5O4S2/c1-28-17-23-38(46(43,44)39-24-18-30-25-32(35)12-11-31(30)27-39)21-7-19-37(26-29-9-5-4-6-10-29)20-8-22-40(28)45(41,42)34-15-13-33(14-16-34)36(2)3/h11-16,25,28-29H,4-10,17-24,26-27H2,1-3H3/t28-/m1/s1. The molecule has 12 heteroatoms. The molecule has 0 spiro atoms. The van der Waals surface area contributed by atoms with Crippen LogP contribution in [0.1, 0.15) is 69.4 Å². The van der Waals surface area contributed by atoms with Crippen LogP contribution < -0.4 is 4.90 Å². The summed E-state index contributed by atoms with van der Waals surface area (Å²) < 4.78 is 61.4. The van der Waals surface area contributed by atoms with Crippen molar-refractivity contribution in [2.45, 2.75) is 82.2 Å². The van der Waals surface area contributed by atoms with E-state index in [4.69, 9.17) is 11.6 Å². The van der Waals surface area contributed by atoms with Gasteiger partial charge in [0.15, 0.2) is 0 Å². The third-order valence-electron chi connectivity index (χ3n) is 10.0.